The second kappa shape index (κ2) is 11.9. The monoisotopic (exact) mass is 698 g/mol. The normalized spacial score (nSPS) is 26.6. The molecule has 5 atom stereocenters. The van der Waals surface area contributed by atoms with Gasteiger partial charge in [-0.05, 0) is 71.5 Å². The maximum absolute atomic E-state index is 14.0. The Balaban J connectivity index is 1.26. The van der Waals surface area contributed by atoms with Gasteiger partial charge >= 0.3 is 6.03 Å². The van der Waals surface area contributed by atoms with Crippen molar-refractivity contribution in [3.63, 3.8) is 0 Å². The molecule has 0 radical (unpaired) electrons. The number of carbonyl (C=O) groups is 3. The van der Waals surface area contributed by atoms with Gasteiger partial charge in [0.2, 0.25) is 18.6 Å². The van der Waals surface area contributed by atoms with Gasteiger partial charge in [-0.25, -0.2) is 4.79 Å². The summed E-state index contributed by atoms with van der Waals surface area (Å²) in [6.07, 6.45) is 4.54. The van der Waals surface area contributed by atoms with E-state index in [0.29, 0.717) is 22.9 Å². The zero-order valence-corrected chi connectivity index (χ0v) is 27.3. The number of urea groups is 1. The summed E-state index contributed by atoms with van der Waals surface area (Å²) in [5, 5.41) is 9.69. The lowest BCUT2D eigenvalue weighted by Crippen LogP contribution is -2.58. The number of primary amides is 1. The number of aliphatic hydroxyl groups is 1. The second-order valence-corrected chi connectivity index (χ2v) is 13.9. The predicted octanol–water partition coefficient (Wildman–Crippen LogP) is 4.58. The van der Waals surface area contributed by atoms with Crippen molar-refractivity contribution in [3.8, 4) is 11.5 Å². The number of benzene rings is 3. The number of rotatable bonds is 7. The van der Waals surface area contributed by atoms with Crippen molar-refractivity contribution < 1.29 is 29.0 Å². The molecule has 5 aliphatic heterocycles. The van der Waals surface area contributed by atoms with Gasteiger partial charge in [-0.1, -0.05) is 70.5 Å². The summed E-state index contributed by atoms with van der Waals surface area (Å²) in [4.78, 5) is 45.8. The number of hydrogen-bond acceptors (Lipinski definition) is 8. The van der Waals surface area contributed by atoms with Crippen LogP contribution < -0.4 is 15.2 Å². The van der Waals surface area contributed by atoms with Crippen LogP contribution in [0, 0.1) is 17.8 Å². The van der Waals surface area contributed by atoms with Gasteiger partial charge in [0.05, 0.1) is 18.4 Å². The number of halogens is 1. The highest BCUT2D eigenvalue weighted by Crippen LogP contribution is 2.59. The molecule has 2 bridgehead atoms. The Kier molecular flexibility index (Phi) is 7.67. The molecule has 1 aliphatic carbocycles. The predicted molar refractivity (Wildman–Crippen MR) is 176 cm³/mol. The van der Waals surface area contributed by atoms with E-state index < -0.39 is 41.6 Å². The number of nitrogens with zero attached hydrogens (tertiary/aromatic N) is 3. The lowest BCUT2D eigenvalue weighted by atomic mass is 9.60. The van der Waals surface area contributed by atoms with Crippen LogP contribution in [-0.2, 0) is 29.3 Å². The molecule has 47 heavy (non-hydrogen) atoms. The highest BCUT2D eigenvalue weighted by molar-refractivity contribution is 9.10. The van der Waals surface area contributed by atoms with Crippen molar-refractivity contribution in [1.29, 1.82) is 0 Å². The molecule has 3 aromatic carbocycles. The third-order valence-electron chi connectivity index (χ3n) is 10.5. The number of piperidine rings is 1. The van der Waals surface area contributed by atoms with Gasteiger partial charge in [-0.15, -0.1) is 0 Å². The van der Waals surface area contributed by atoms with Gasteiger partial charge in [0, 0.05) is 35.6 Å². The van der Waals surface area contributed by atoms with Crippen LogP contribution in [0.5, 0.6) is 11.5 Å². The minimum atomic E-state index is -1.05. The summed E-state index contributed by atoms with van der Waals surface area (Å²) in [6, 6.07) is 18.3. The Labute approximate surface area is 280 Å². The molecule has 10 nitrogen and oxygen atoms in total. The van der Waals surface area contributed by atoms with Crippen LogP contribution in [0.25, 0.3) is 5.57 Å². The maximum Gasteiger partial charge on any atom is 0.328 e. The van der Waals surface area contributed by atoms with Gasteiger partial charge < -0.3 is 20.3 Å². The van der Waals surface area contributed by atoms with E-state index in [9.17, 15) is 19.5 Å². The van der Waals surface area contributed by atoms with Gasteiger partial charge in [-0.3, -0.25) is 19.4 Å². The van der Waals surface area contributed by atoms with E-state index in [0.717, 1.165) is 51.9 Å². The summed E-state index contributed by atoms with van der Waals surface area (Å²) in [5.74, 6) is -1.76. The van der Waals surface area contributed by atoms with Crippen molar-refractivity contribution in [2.45, 2.75) is 44.6 Å². The molecule has 3 N–H and O–H groups in total. The van der Waals surface area contributed by atoms with Crippen molar-refractivity contribution in [2.24, 2.45) is 23.5 Å². The number of ether oxygens (including phenoxy) is 2. The van der Waals surface area contributed by atoms with Crippen molar-refractivity contribution in [1.82, 2.24) is 14.7 Å². The molecule has 0 aromatic heterocycles. The van der Waals surface area contributed by atoms with Crippen molar-refractivity contribution in [2.75, 3.05) is 19.9 Å². The fourth-order valence-electron chi connectivity index (χ4n) is 8.31. The summed E-state index contributed by atoms with van der Waals surface area (Å²) in [5.41, 5.74) is 11.5. The van der Waals surface area contributed by atoms with Crippen LogP contribution in [0.3, 0.4) is 0 Å². The third kappa shape index (κ3) is 5.07. The summed E-state index contributed by atoms with van der Waals surface area (Å²) < 4.78 is 12.1. The standard InChI is InChI=1S/C36H35BrN4O6/c37-26-15-29-28(46-19-47-29)13-24(26)17-40-27-14-25(22-7-5-21(18-42)6-8-22)30(32-31(27)34(43)41(35(32)44)36(38)45)33(40)23-9-3-20(4-10-23)16-39-11-1-2-12-39/h3-10,13-15,27,30-33,42H,1-2,11-12,16-19H2,(H2,38,45). The number of nitrogens with two attached hydrogens (primary N) is 1. The third-order valence-corrected chi connectivity index (χ3v) is 11.2. The Hall–Kier alpha value is -4.03. The molecule has 5 heterocycles. The number of fused-ring (bicyclic) bond motifs is 2. The summed E-state index contributed by atoms with van der Waals surface area (Å²) >= 11 is 3.73. The lowest BCUT2D eigenvalue weighted by Gasteiger charge is -2.55. The number of amides is 4. The SMILES string of the molecule is NC(=O)N1C(=O)C2C(C1=O)C1C=C(c3ccc(CO)cc3)C2C(c2ccc(CN3CCCC3)cc2)N1Cc1cc2c(cc1Br)OCO2. The van der Waals surface area contributed by atoms with E-state index in [2.05, 4.69) is 56.1 Å². The molecule has 11 heteroatoms. The highest BCUT2D eigenvalue weighted by Gasteiger charge is 2.65. The number of hydrogen-bond donors (Lipinski definition) is 2. The van der Waals surface area contributed by atoms with Crippen LogP contribution >= 0.6 is 15.9 Å². The number of imide groups is 3. The first-order valence-corrected chi connectivity index (χ1v) is 16.9. The first kappa shape index (κ1) is 30.3. The number of carbonyl (C=O) groups excluding carboxylic acids is 3. The molecule has 3 saturated heterocycles. The molecule has 9 rings (SSSR count). The van der Waals surface area contributed by atoms with E-state index in [1.807, 2.05) is 36.4 Å². The minimum absolute atomic E-state index is 0.0821. The van der Waals surface area contributed by atoms with E-state index in [1.54, 1.807) is 0 Å². The molecule has 242 valence electrons. The smallest absolute Gasteiger partial charge is 0.328 e. The lowest BCUT2D eigenvalue weighted by molar-refractivity contribution is -0.136. The van der Waals surface area contributed by atoms with E-state index in [4.69, 9.17) is 15.2 Å². The topological polar surface area (TPSA) is 126 Å². The van der Waals surface area contributed by atoms with E-state index >= 15 is 0 Å². The summed E-state index contributed by atoms with van der Waals surface area (Å²) in [6.45, 7) is 3.60. The Morgan fingerprint density at radius 1 is 0.872 bits per heavy atom. The van der Waals surface area contributed by atoms with Crippen LogP contribution in [0.15, 0.2) is 71.2 Å². The molecule has 5 unspecified atom stereocenters. The molecule has 4 amide bonds. The highest BCUT2D eigenvalue weighted by atomic mass is 79.9. The summed E-state index contributed by atoms with van der Waals surface area (Å²) in [7, 11) is 0. The van der Waals surface area contributed by atoms with Crippen molar-refractivity contribution in [3.05, 3.63) is 99.0 Å². The van der Waals surface area contributed by atoms with Gasteiger partial charge in [-0.2, -0.15) is 4.90 Å². The largest absolute Gasteiger partial charge is 0.454 e. The quantitative estimate of drug-likeness (QED) is 0.344. The van der Waals surface area contributed by atoms with Crippen LogP contribution in [0.1, 0.15) is 46.7 Å². The maximum atomic E-state index is 14.0. The Morgan fingerprint density at radius 2 is 1.53 bits per heavy atom. The van der Waals surface area contributed by atoms with Crippen molar-refractivity contribution >= 4 is 39.3 Å². The van der Waals surface area contributed by atoms with Crippen LogP contribution in [0.2, 0.25) is 0 Å². The number of aliphatic hydroxyl groups excluding tert-OH is 1. The molecule has 6 aliphatic rings. The first-order chi connectivity index (χ1) is 22.8. The van der Waals surface area contributed by atoms with E-state index in [-0.39, 0.29) is 19.4 Å². The molecule has 0 saturated carbocycles. The average molecular weight is 700 g/mol. The molecule has 3 aromatic rings. The zero-order chi connectivity index (χ0) is 32.4. The number of likely N-dealkylation sites (tertiary alicyclic amines) is 2. The fourth-order valence-corrected chi connectivity index (χ4v) is 8.76. The van der Waals surface area contributed by atoms with Gasteiger partial charge in [0.1, 0.15) is 0 Å². The van der Waals surface area contributed by atoms with Gasteiger partial charge in [0.25, 0.3) is 0 Å². The van der Waals surface area contributed by atoms with Crippen LogP contribution in [-0.4, -0.2) is 63.6 Å². The molecular weight excluding hydrogens is 664 g/mol. The van der Waals surface area contributed by atoms with Gasteiger partial charge in [0.15, 0.2) is 11.5 Å². The molecule has 3 fully saturated rings. The Bertz CT molecular complexity index is 1790. The van der Waals surface area contributed by atoms with E-state index in [1.165, 1.54) is 18.4 Å². The Morgan fingerprint density at radius 3 is 2.21 bits per heavy atom. The second-order valence-electron chi connectivity index (χ2n) is 13.0. The van der Waals surface area contributed by atoms with Crippen LogP contribution in [0.4, 0.5) is 4.79 Å². The molecule has 0 spiro atoms. The minimum Gasteiger partial charge on any atom is -0.454 e. The molecular formula is C36H35BrN4O6. The fraction of sp³-hybridized carbons (Fsp3) is 0.361. The first-order valence-electron chi connectivity index (χ1n) is 16.1. The zero-order valence-electron chi connectivity index (χ0n) is 25.7. The average Bonchev–Trinajstić information content (AvgIpc) is 3.82.